The zero-order chi connectivity index (χ0) is 22.1. The van der Waals surface area contributed by atoms with Crippen LogP contribution in [-0.2, 0) is 11.2 Å². The maximum Gasteiger partial charge on any atom is 0.227 e. The molecule has 1 aromatic carbocycles. The lowest BCUT2D eigenvalue weighted by Gasteiger charge is -2.30. The van der Waals surface area contributed by atoms with Crippen molar-refractivity contribution in [1.29, 1.82) is 5.26 Å². The monoisotopic (exact) mass is 417 g/mol. The molecule has 0 spiro atoms. The number of hydrogen-bond acceptors (Lipinski definition) is 5. The Kier molecular flexibility index (Phi) is 5.64. The maximum absolute atomic E-state index is 13.4. The molecule has 1 atom stereocenters. The molecule has 0 saturated heterocycles. The highest BCUT2D eigenvalue weighted by Crippen LogP contribution is 2.37. The van der Waals surface area contributed by atoms with E-state index in [9.17, 15) is 10.1 Å². The van der Waals surface area contributed by atoms with Crippen molar-refractivity contribution in [3.8, 4) is 11.8 Å². The SMILES string of the molecule is COc1ccc(N(C(=O)CCc2c(C)nc3c(C#N)cnn3c2C)C(C)C2CC2)cc1. The summed E-state index contributed by atoms with van der Waals surface area (Å²) in [5, 5.41) is 13.6. The van der Waals surface area contributed by atoms with E-state index in [1.165, 1.54) is 19.0 Å². The van der Waals surface area contributed by atoms with Crippen LogP contribution < -0.4 is 9.64 Å². The summed E-state index contributed by atoms with van der Waals surface area (Å²) in [4.78, 5) is 19.9. The van der Waals surface area contributed by atoms with Gasteiger partial charge in [-0.1, -0.05) is 0 Å². The van der Waals surface area contributed by atoms with Gasteiger partial charge < -0.3 is 9.64 Å². The number of aromatic nitrogens is 3. The molecular formula is C24H27N5O2. The average molecular weight is 418 g/mol. The molecule has 1 amide bonds. The Morgan fingerprint density at radius 3 is 2.65 bits per heavy atom. The van der Waals surface area contributed by atoms with Gasteiger partial charge in [-0.25, -0.2) is 9.50 Å². The van der Waals surface area contributed by atoms with Gasteiger partial charge in [0.05, 0.1) is 13.3 Å². The van der Waals surface area contributed by atoms with Crippen molar-refractivity contribution in [3.05, 3.63) is 53.0 Å². The molecule has 1 aliphatic rings. The number of benzene rings is 1. The Bertz CT molecular complexity index is 1160. The van der Waals surface area contributed by atoms with E-state index in [0.717, 1.165) is 28.4 Å². The number of ether oxygens (including phenoxy) is 1. The van der Waals surface area contributed by atoms with Crippen molar-refractivity contribution in [3.63, 3.8) is 0 Å². The molecule has 31 heavy (non-hydrogen) atoms. The third kappa shape index (κ3) is 3.98. The summed E-state index contributed by atoms with van der Waals surface area (Å²) in [5.74, 6) is 1.43. The molecule has 1 saturated carbocycles. The van der Waals surface area contributed by atoms with Crippen LogP contribution in [0.4, 0.5) is 5.69 Å². The molecule has 0 N–H and O–H groups in total. The number of rotatable bonds is 7. The fourth-order valence-electron chi connectivity index (χ4n) is 4.24. The standard InChI is InChI=1S/C24H27N5O2/c1-15-22(17(3)29-24(27-15)19(13-25)14-26-29)11-12-23(30)28(16(2)18-5-6-18)20-7-9-21(31-4)10-8-20/h7-10,14,16,18H,5-6,11-12H2,1-4H3. The number of amides is 1. The third-order valence-electron chi connectivity index (χ3n) is 6.25. The average Bonchev–Trinajstić information content (AvgIpc) is 3.54. The predicted octanol–water partition coefficient (Wildman–Crippen LogP) is 3.99. The topological polar surface area (TPSA) is 83.5 Å². The van der Waals surface area contributed by atoms with E-state index in [4.69, 9.17) is 4.74 Å². The highest BCUT2D eigenvalue weighted by Gasteiger charge is 2.35. The van der Waals surface area contributed by atoms with Crippen LogP contribution in [0.1, 0.15) is 48.7 Å². The van der Waals surface area contributed by atoms with Crippen LogP contribution in [-0.4, -0.2) is 33.7 Å². The Morgan fingerprint density at radius 2 is 2.03 bits per heavy atom. The summed E-state index contributed by atoms with van der Waals surface area (Å²) < 4.78 is 6.96. The van der Waals surface area contributed by atoms with Gasteiger partial charge in [0.2, 0.25) is 5.91 Å². The van der Waals surface area contributed by atoms with Crippen molar-refractivity contribution >= 4 is 17.2 Å². The Labute approximate surface area is 182 Å². The zero-order valence-electron chi connectivity index (χ0n) is 18.4. The molecule has 1 unspecified atom stereocenters. The van der Waals surface area contributed by atoms with Gasteiger partial charge in [0.25, 0.3) is 0 Å². The number of nitriles is 1. The summed E-state index contributed by atoms with van der Waals surface area (Å²) in [6.07, 6.45) is 4.82. The molecule has 2 aromatic heterocycles. The lowest BCUT2D eigenvalue weighted by molar-refractivity contribution is -0.119. The summed E-state index contributed by atoms with van der Waals surface area (Å²) >= 11 is 0. The molecule has 1 fully saturated rings. The smallest absolute Gasteiger partial charge is 0.227 e. The van der Waals surface area contributed by atoms with E-state index in [1.807, 2.05) is 43.0 Å². The summed E-state index contributed by atoms with van der Waals surface area (Å²) in [5.41, 5.74) is 4.68. The van der Waals surface area contributed by atoms with Gasteiger partial charge in [-0.3, -0.25) is 4.79 Å². The first kappa shape index (κ1) is 20.9. The summed E-state index contributed by atoms with van der Waals surface area (Å²) in [6, 6.07) is 9.98. The number of anilines is 1. The van der Waals surface area contributed by atoms with Gasteiger partial charge in [0, 0.05) is 29.5 Å². The van der Waals surface area contributed by atoms with E-state index in [2.05, 4.69) is 23.1 Å². The van der Waals surface area contributed by atoms with Crippen molar-refractivity contribution < 1.29 is 9.53 Å². The second-order valence-electron chi connectivity index (χ2n) is 8.21. The third-order valence-corrected chi connectivity index (χ3v) is 6.25. The molecule has 2 heterocycles. The number of hydrogen-bond donors (Lipinski definition) is 0. The van der Waals surface area contributed by atoms with Crippen LogP contribution >= 0.6 is 0 Å². The molecule has 0 aliphatic heterocycles. The molecule has 0 bridgehead atoms. The minimum atomic E-state index is 0.0987. The first-order valence-electron chi connectivity index (χ1n) is 10.6. The fraction of sp³-hybridized carbons (Fsp3) is 0.417. The fourth-order valence-corrected chi connectivity index (χ4v) is 4.24. The Hall–Kier alpha value is -3.40. The largest absolute Gasteiger partial charge is 0.497 e. The molecule has 7 heteroatoms. The van der Waals surface area contributed by atoms with Crippen LogP contribution in [0, 0.1) is 31.1 Å². The van der Waals surface area contributed by atoms with E-state index in [0.29, 0.717) is 30.0 Å². The van der Waals surface area contributed by atoms with Crippen LogP contribution in [0.3, 0.4) is 0 Å². The van der Waals surface area contributed by atoms with Crippen LogP contribution in [0.2, 0.25) is 0 Å². The second-order valence-corrected chi connectivity index (χ2v) is 8.21. The molecule has 1 aliphatic carbocycles. The molecule has 0 radical (unpaired) electrons. The molecule has 160 valence electrons. The lowest BCUT2D eigenvalue weighted by atomic mass is 10.0. The number of carbonyl (C=O) groups excluding carboxylic acids is 1. The van der Waals surface area contributed by atoms with Crippen LogP contribution in [0.15, 0.2) is 30.5 Å². The first-order valence-corrected chi connectivity index (χ1v) is 10.6. The van der Waals surface area contributed by atoms with Gasteiger partial charge in [0.15, 0.2) is 5.65 Å². The molecule has 4 rings (SSSR count). The molecule has 3 aromatic rings. The van der Waals surface area contributed by atoms with Crippen molar-refractivity contribution in [1.82, 2.24) is 14.6 Å². The van der Waals surface area contributed by atoms with E-state index < -0.39 is 0 Å². The number of nitrogens with zero attached hydrogens (tertiary/aromatic N) is 5. The van der Waals surface area contributed by atoms with Gasteiger partial charge in [-0.15, -0.1) is 0 Å². The van der Waals surface area contributed by atoms with E-state index in [-0.39, 0.29) is 11.9 Å². The number of methoxy groups -OCH3 is 1. The van der Waals surface area contributed by atoms with E-state index >= 15 is 0 Å². The van der Waals surface area contributed by atoms with Gasteiger partial charge in [-0.2, -0.15) is 10.4 Å². The van der Waals surface area contributed by atoms with E-state index in [1.54, 1.807) is 11.6 Å². The predicted molar refractivity (Wildman–Crippen MR) is 118 cm³/mol. The number of fused-ring (bicyclic) bond motifs is 1. The summed E-state index contributed by atoms with van der Waals surface area (Å²) in [6.45, 7) is 6.02. The van der Waals surface area contributed by atoms with Crippen molar-refractivity contribution in [2.45, 2.75) is 52.5 Å². The minimum Gasteiger partial charge on any atom is -0.497 e. The number of aryl methyl sites for hydroxylation is 2. The Morgan fingerprint density at radius 1 is 1.32 bits per heavy atom. The Balaban J connectivity index is 1.58. The molecule has 7 nitrogen and oxygen atoms in total. The van der Waals surface area contributed by atoms with Crippen molar-refractivity contribution in [2.75, 3.05) is 12.0 Å². The zero-order valence-corrected chi connectivity index (χ0v) is 18.4. The highest BCUT2D eigenvalue weighted by atomic mass is 16.5. The lowest BCUT2D eigenvalue weighted by Crippen LogP contribution is -2.40. The van der Waals surface area contributed by atoms with Crippen LogP contribution in [0.25, 0.3) is 5.65 Å². The van der Waals surface area contributed by atoms with Gasteiger partial charge >= 0.3 is 0 Å². The van der Waals surface area contributed by atoms with Gasteiger partial charge in [-0.05, 0) is 75.8 Å². The normalized spacial score (nSPS) is 14.3. The maximum atomic E-state index is 13.4. The van der Waals surface area contributed by atoms with Gasteiger partial charge in [0.1, 0.15) is 17.4 Å². The second kappa shape index (κ2) is 8.38. The minimum absolute atomic E-state index is 0.0987. The quantitative estimate of drug-likeness (QED) is 0.580. The van der Waals surface area contributed by atoms with Crippen molar-refractivity contribution in [2.24, 2.45) is 5.92 Å². The number of carbonyl (C=O) groups is 1. The molecular weight excluding hydrogens is 390 g/mol. The first-order chi connectivity index (χ1) is 14.9. The summed E-state index contributed by atoms with van der Waals surface area (Å²) in [7, 11) is 1.64. The highest BCUT2D eigenvalue weighted by molar-refractivity contribution is 5.94. The van der Waals surface area contributed by atoms with Crippen LogP contribution in [0.5, 0.6) is 5.75 Å².